The van der Waals surface area contributed by atoms with E-state index in [1.165, 1.54) is 7.11 Å². The summed E-state index contributed by atoms with van der Waals surface area (Å²) >= 11 is 5.95. The number of carbonyl (C=O) groups excluding carboxylic acids is 1. The summed E-state index contributed by atoms with van der Waals surface area (Å²) in [7, 11) is 1.54. The van der Waals surface area contributed by atoms with Gasteiger partial charge >= 0.3 is 0 Å². The first kappa shape index (κ1) is 13.8. The first-order chi connectivity index (χ1) is 8.08. The molecule has 0 aliphatic heterocycles. The van der Waals surface area contributed by atoms with Gasteiger partial charge in [-0.1, -0.05) is 24.9 Å². The zero-order valence-corrected chi connectivity index (χ0v) is 10.8. The van der Waals surface area contributed by atoms with Gasteiger partial charge in [-0.05, 0) is 24.6 Å². The van der Waals surface area contributed by atoms with E-state index >= 15 is 0 Å². The lowest BCUT2D eigenvalue weighted by Gasteiger charge is -2.12. The Morgan fingerprint density at radius 3 is 2.82 bits per heavy atom. The Morgan fingerprint density at radius 2 is 2.29 bits per heavy atom. The number of nitrogens with one attached hydrogen (secondary N) is 1. The van der Waals surface area contributed by atoms with Crippen LogP contribution in [0.25, 0.3) is 0 Å². The second kappa shape index (κ2) is 6.47. The number of ether oxygens (including phenoxy) is 1. The van der Waals surface area contributed by atoms with Crippen molar-refractivity contribution in [2.45, 2.75) is 25.8 Å². The van der Waals surface area contributed by atoms with E-state index < -0.39 is 6.04 Å². The smallest absolute Gasteiger partial charge is 0.241 e. The summed E-state index contributed by atoms with van der Waals surface area (Å²) in [4.78, 5) is 11.7. The molecule has 0 unspecified atom stereocenters. The van der Waals surface area contributed by atoms with Gasteiger partial charge in [-0.3, -0.25) is 4.79 Å². The van der Waals surface area contributed by atoms with Gasteiger partial charge in [-0.15, -0.1) is 0 Å². The molecule has 1 aromatic rings. The number of rotatable bonds is 5. The minimum Gasteiger partial charge on any atom is -0.495 e. The molecule has 3 N–H and O–H groups in total. The third kappa shape index (κ3) is 3.91. The van der Waals surface area contributed by atoms with Gasteiger partial charge in [-0.25, -0.2) is 0 Å². The quantitative estimate of drug-likeness (QED) is 0.850. The molecule has 0 spiro atoms. The molecule has 0 bridgehead atoms. The van der Waals surface area contributed by atoms with Crippen LogP contribution in [-0.4, -0.2) is 19.1 Å². The molecule has 0 aromatic heterocycles. The molecule has 0 aliphatic rings. The number of nitrogens with two attached hydrogens (primary N) is 1. The van der Waals surface area contributed by atoms with Gasteiger partial charge in [0.05, 0.1) is 18.2 Å². The van der Waals surface area contributed by atoms with E-state index in [0.29, 0.717) is 22.9 Å². The van der Waals surface area contributed by atoms with Gasteiger partial charge in [0, 0.05) is 5.69 Å². The molecular formula is C12H17ClN2O2. The zero-order valence-electron chi connectivity index (χ0n) is 10.00. The fourth-order valence-electron chi connectivity index (χ4n) is 1.42. The summed E-state index contributed by atoms with van der Waals surface area (Å²) < 4.78 is 5.02. The molecule has 0 fully saturated rings. The maximum Gasteiger partial charge on any atom is 0.241 e. The molecule has 5 heteroatoms. The Balaban J connectivity index is 2.69. The number of halogens is 1. The topological polar surface area (TPSA) is 64.4 Å². The average Bonchev–Trinajstić information content (AvgIpc) is 2.29. The Bertz CT molecular complexity index is 396. The van der Waals surface area contributed by atoms with E-state index in [1.807, 2.05) is 6.92 Å². The highest BCUT2D eigenvalue weighted by molar-refractivity contribution is 6.32. The Labute approximate surface area is 106 Å². The van der Waals surface area contributed by atoms with E-state index in [4.69, 9.17) is 22.1 Å². The summed E-state index contributed by atoms with van der Waals surface area (Å²) in [5.74, 6) is 0.371. The number of hydrogen-bond acceptors (Lipinski definition) is 3. The molecule has 1 atom stereocenters. The van der Waals surface area contributed by atoms with Crippen LogP contribution in [-0.2, 0) is 4.79 Å². The summed E-state index contributed by atoms with van der Waals surface area (Å²) in [6, 6.07) is 4.57. The lowest BCUT2D eigenvalue weighted by Crippen LogP contribution is -2.35. The van der Waals surface area contributed by atoms with Crippen molar-refractivity contribution in [3.63, 3.8) is 0 Å². The van der Waals surface area contributed by atoms with Crippen molar-refractivity contribution in [3.05, 3.63) is 23.2 Å². The maximum atomic E-state index is 11.7. The van der Waals surface area contributed by atoms with E-state index in [-0.39, 0.29) is 5.91 Å². The van der Waals surface area contributed by atoms with Gasteiger partial charge in [0.25, 0.3) is 0 Å². The lowest BCUT2D eigenvalue weighted by molar-refractivity contribution is -0.117. The van der Waals surface area contributed by atoms with Crippen molar-refractivity contribution < 1.29 is 9.53 Å². The van der Waals surface area contributed by atoms with Crippen LogP contribution in [0.2, 0.25) is 5.02 Å². The van der Waals surface area contributed by atoms with E-state index in [1.54, 1.807) is 18.2 Å². The predicted octanol–water partition coefficient (Wildman–Crippen LogP) is 2.41. The van der Waals surface area contributed by atoms with Crippen LogP contribution < -0.4 is 15.8 Å². The van der Waals surface area contributed by atoms with Crippen LogP contribution in [0.15, 0.2) is 18.2 Å². The molecule has 0 saturated carbocycles. The normalized spacial score (nSPS) is 12.0. The molecule has 1 amide bonds. The standard InChI is InChI=1S/C12H17ClN2O2/c1-3-4-10(14)12(16)15-8-5-6-11(17-2)9(13)7-8/h5-7,10H,3-4,14H2,1-2H3,(H,15,16)/t10-/m0/s1. The first-order valence-corrected chi connectivity index (χ1v) is 5.86. The molecule has 1 rings (SSSR count). The molecule has 17 heavy (non-hydrogen) atoms. The molecule has 0 heterocycles. The Kier molecular flexibility index (Phi) is 5.25. The van der Waals surface area contributed by atoms with Crippen molar-refractivity contribution in [2.75, 3.05) is 12.4 Å². The second-order valence-electron chi connectivity index (χ2n) is 3.73. The molecule has 0 saturated heterocycles. The van der Waals surface area contributed by atoms with Crippen LogP contribution in [0.1, 0.15) is 19.8 Å². The summed E-state index contributed by atoms with van der Waals surface area (Å²) in [6.07, 6.45) is 1.54. The molecule has 0 aliphatic carbocycles. The van der Waals surface area contributed by atoms with Gasteiger partial charge in [0.2, 0.25) is 5.91 Å². The highest BCUT2D eigenvalue weighted by Gasteiger charge is 2.12. The van der Waals surface area contributed by atoms with Crippen molar-refractivity contribution in [1.82, 2.24) is 0 Å². The van der Waals surface area contributed by atoms with Crippen molar-refractivity contribution in [3.8, 4) is 5.75 Å². The van der Waals surface area contributed by atoms with Crippen molar-refractivity contribution in [1.29, 1.82) is 0 Å². The lowest BCUT2D eigenvalue weighted by atomic mass is 10.1. The minimum absolute atomic E-state index is 0.201. The Hall–Kier alpha value is -1.26. The number of anilines is 1. The second-order valence-corrected chi connectivity index (χ2v) is 4.14. The fourth-order valence-corrected chi connectivity index (χ4v) is 1.68. The van der Waals surface area contributed by atoms with Gasteiger partial charge < -0.3 is 15.8 Å². The average molecular weight is 257 g/mol. The highest BCUT2D eigenvalue weighted by Crippen LogP contribution is 2.27. The monoisotopic (exact) mass is 256 g/mol. The summed E-state index contributed by atoms with van der Waals surface area (Å²) in [5, 5.41) is 3.17. The number of amides is 1. The van der Waals surface area contributed by atoms with Crippen LogP contribution in [0, 0.1) is 0 Å². The van der Waals surface area contributed by atoms with Crippen LogP contribution >= 0.6 is 11.6 Å². The van der Waals surface area contributed by atoms with Crippen molar-refractivity contribution >= 4 is 23.2 Å². The predicted molar refractivity (Wildman–Crippen MR) is 69.5 cm³/mol. The maximum absolute atomic E-state index is 11.7. The molecule has 94 valence electrons. The van der Waals surface area contributed by atoms with Crippen LogP contribution in [0.4, 0.5) is 5.69 Å². The van der Waals surface area contributed by atoms with Gasteiger partial charge in [0.15, 0.2) is 0 Å². The number of benzene rings is 1. The van der Waals surface area contributed by atoms with E-state index in [2.05, 4.69) is 5.32 Å². The molecule has 4 nitrogen and oxygen atoms in total. The van der Waals surface area contributed by atoms with Crippen molar-refractivity contribution in [2.24, 2.45) is 5.73 Å². The number of methoxy groups -OCH3 is 1. The summed E-state index contributed by atoms with van der Waals surface area (Å²) in [5.41, 5.74) is 6.32. The Morgan fingerprint density at radius 1 is 1.59 bits per heavy atom. The van der Waals surface area contributed by atoms with E-state index in [9.17, 15) is 4.79 Å². The molecule has 0 radical (unpaired) electrons. The first-order valence-electron chi connectivity index (χ1n) is 5.48. The fraction of sp³-hybridized carbons (Fsp3) is 0.417. The minimum atomic E-state index is -0.485. The zero-order chi connectivity index (χ0) is 12.8. The van der Waals surface area contributed by atoms with E-state index in [0.717, 1.165) is 6.42 Å². The van der Waals surface area contributed by atoms with Crippen LogP contribution in [0.3, 0.4) is 0 Å². The summed E-state index contributed by atoms with van der Waals surface area (Å²) in [6.45, 7) is 1.98. The molecular weight excluding hydrogens is 240 g/mol. The third-order valence-electron chi connectivity index (χ3n) is 2.36. The third-order valence-corrected chi connectivity index (χ3v) is 2.65. The highest BCUT2D eigenvalue weighted by atomic mass is 35.5. The van der Waals surface area contributed by atoms with Gasteiger partial charge in [0.1, 0.15) is 5.75 Å². The number of hydrogen-bond donors (Lipinski definition) is 2. The SMILES string of the molecule is CCC[C@H](N)C(=O)Nc1ccc(OC)c(Cl)c1. The number of carbonyl (C=O) groups is 1. The largest absolute Gasteiger partial charge is 0.495 e. The molecule has 1 aromatic carbocycles. The van der Waals surface area contributed by atoms with Gasteiger partial charge in [-0.2, -0.15) is 0 Å². The van der Waals surface area contributed by atoms with Crippen LogP contribution in [0.5, 0.6) is 5.75 Å².